The number of ketones is 1. The third-order valence-electron chi connectivity index (χ3n) is 5.02. The maximum Gasteiger partial charge on any atom is 0.307 e. The first-order chi connectivity index (χ1) is 14.7. The fraction of sp³-hybridized carbons (Fsp3) is 0.333. The lowest BCUT2D eigenvalue weighted by molar-refractivity contribution is -0.221. The lowest BCUT2D eigenvalue weighted by atomic mass is 9.95. The quantitative estimate of drug-likeness (QED) is 0.301. The number of aliphatic hydroxyl groups excluding tert-OH is 4. The van der Waals surface area contributed by atoms with Gasteiger partial charge in [0.15, 0.2) is 12.0 Å². The van der Waals surface area contributed by atoms with Gasteiger partial charge in [-0.15, -0.1) is 0 Å². The Morgan fingerprint density at radius 1 is 1.00 bits per heavy atom. The van der Waals surface area contributed by atoms with E-state index in [1.165, 1.54) is 12.1 Å². The molecule has 2 aromatic carbocycles. The molecule has 166 valence electrons. The molecule has 0 radical (unpaired) electrons. The highest BCUT2D eigenvalue weighted by atomic mass is 79.9. The first-order valence-corrected chi connectivity index (χ1v) is 10.2. The molecular weight excluding hydrogens is 474 g/mol. The molecular formula is C21H22BrNO8. The molecule has 0 aliphatic carbocycles. The number of anilines is 1. The summed E-state index contributed by atoms with van der Waals surface area (Å²) in [7, 11) is 0. The molecule has 10 heteroatoms. The van der Waals surface area contributed by atoms with Gasteiger partial charge >= 0.3 is 5.97 Å². The number of ether oxygens (including phenoxy) is 1. The van der Waals surface area contributed by atoms with Crippen LogP contribution in [0.15, 0.2) is 46.9 Å². The molecule has 5 atom stereocenters. The first kappa shape index (κ1) is 23.3. The number of benzene rings is 2. The van der Waals surface area contributed by atoms with Crippen LogP contribution in [0.5, 0.6) is 0 Å². The van der Waals surface area contributed by atoms with Crippen LogP contribution in [0.4, 0.5) is 5.69 Å². The van der Waals surface area contributed by atoms with Crippen LogP contribution in [0.1, 0.15) is 21.5 Å². The molecule has 1 heterocycles. The molecule has 0 spiro atoms. The molecule has 1 saturated heterocycles. The minimum atomic E-state index is -1.62. The average Bonchev–Trinajstić information content (AvgIpc) is 2.74. The third kappa shape index (κ3) is 5.12. The summed E-state index contributed by atoms with van der Waals surface area (Å²) < 4.78 is 6.25. The van der Waals surface area contributed by atoms with Gasteiger partial charge in [-0.05, 0) is 35.9 Å². The van der Waals surface area contributed by atoms with Crippen LogP contribution in [0.2, 0.25) is 0 Å². The van der Waals surface area contributed by atoms with E-state index in [0.29, 0.717) is 5.56 Å². The summed E-state index contributed by atoms with van der Waals surface area (Å²) in [6.07, 6.45) is -7.67. The fourth-order valence-electron chi connectivity index (χ4n) is 3.39. The van der Waals surface area contributed by atoms with Gasteiger partial charge in [-0.25, -0.2) is 0 Å². The van der Waals surface area contributed by atoms with Gasteiger partial charge in [0.1, 0.15) is 24.4 Å². The largest absolute Gasteiger partial charge is 0.481 e. The smallest absolute Gasteiger partial charge is 0.307 e. The van der Waals surface area contributed by atoms with Crippen LogP contribution in [-0.2, 0) is 16.0 Å². The highest BCUT2D eigenvalue weighted by molar-refractivity contribution is 9.10. The molecule has 9 nitrogen and oxygen atoms in total. The van der Waals surface area contributed by atoms with Gasteiger partial charge in [0.2, 0.25) is 0 Å². The zero-order valence-electron chi connectivity index (χ0n) is 16.2. The van der Waals surface area contributed by atoms with Crippen molar-refractivity contribution in [3.05, 3.63) is 63.6 Å². The summed E-state index contributed by atoms with van der Waals surface area (Å²) in [5, 5.41) is 51.8. The van der Waals surface area contributed by atoms with E-state index in [0.717, 1.165) is 4.47 Å². The zero-order valence-corrected chi connectivity index (χ0v) is 17.8. The van der Waals surface area contributed by atoms with Gasteiger partial charge in [-0.2, -0.15) is 0 Å². The van der Waals surface area contributed by atoms with Gasteiger partial charge in [-0.3, -0.25) is 9.59 Å². The predicted octanol–water partition coefficient (Wildman–Crippen LogP) is 0.519. The number of hydrogen-bond donors (Lipinski definition) is 6. The normalized spacial score (nSPS) is 25.8. The number of hydrogen-bond acceptors (Lipinski definition) is 8. The summed E-state index contributed by atoms with van der Waals surface area (Å²) in [6.45, 7) is -0.620. The Labute approximate surface area is 186 Å². The van der Waals surface area contributed by atoms with E-state index in [9.17, 15) is 35.1 Å². The second-order valence-corrected chi connectivity index (χ2v) is 8.06. The van der Waals surface area contributed by atoms with E-state index in [2.05, 4.69) is 21.2 Å². The fourth-order valence-corrected chi connectivity index (χ4v) is 3.65. The van der Waals surface area contributed by atoms with E-state index >= 15 is 0 Å². The molecule has 1 fully saturated rings. The Hall–Kier alpha value is -2.34. The molecule has 0 bridgehead atoms. The minimum absolute atomic E-state index is 0.113. The Kier molecular flexibility index (Phi) is 7.42. The highest BCUT2D eigenvalue weighted by Crippen LogP contribution is 2.29. The summed E-state index contributed by atoms with van der Waals surface area (Å²) in [4.78, 5) is 24.5. The SMILES string of the molecule is O=C(O)Cc1cccc(C(=O)c2ccc(Br)cc2)c1N[C@@H]1O[C@H](CO)[C@@H](O)[C@H](O)[C@H]1O. The van der Waals surface area contributed by atoms with Crippen molar-refractivity contribution in [3.8, 4) is 0 Å². The standard InChI is InChI=1S/C21H22BrNO8/c22-12-6-4-10(5-7-12)17(27)13-3-1-2-11(8-15(25)26)16(13)23-21-20(30)19(29)18(28)14(9-24)31-21/h1-7,14,18-21,23-24,28-30H,8-9H2,(H,25,26)/t14-,18-,19+,20-,21-/m1/s1. The van der Waals surface area contributed by atoms with Crippen LogP contribution < -0.4 is 5.32 Å². The van der Waals surface area contributed by atoms with Gasteiger partial charge in [0, 0.05) is 15.6 Å². The van der Waals surface area contributed by atoms with Crippen molar-refractivity contribution < 1.29 is 39.9 Å². The average molecular weight is 496 g/mol. The Balaban J connectivity index is 2.01. The Morgan fingerprint density at radius 2 is 1.68 bits per heavy atom. The number of aliphatic carboxylic acids is 1. The first-order valence-electron chi connectivity index (χ1n) is 9.44. The van der Waals surface area contributed by atoms with Crippen molar-refractivity contribution >= 4 is 33.4 Å². The molecule has 2 aromatic rings. The van der Waals surface area contributed by atoms with Gasteiger partial charge < -0.3 is 35.6 Å². The van der Waals surface area contributed by atoms with Crippen LogP contribution in [0, 0.1) is 0 Å². The number of rotatable bonds is 7. The zero-order chi connectivity index (χ0) is 22.7. The van der Waals surface area contributed by atoms with E-state index < -0.39 is 55.4 Å². The second kappa shape index (κ2) is 9.86. The number of carbonyl (C=O) groups excluding carboxylic acids is 1. The van der Waals surface area contributed by atoms with Gasteiger partial charge in [-0.1, -0.05) is 28.1 Å². The van der Waals surface area contributed by atoms with E-state index in [4.69, 9.17) is 4.74 Å². The van der Waals surface area contributed by atoms with Crippen molar-refractivity contribution in [1.82, 2.24) is 0 Å². The van der Waals surface area contributed by atoms with Crippen molar-refractivity contribution in [1.29, 1.82) is 0 Å². The molecule has 0 amide bonds. The number of nitrogens with one attached hydrogen (secondary N) is 1. The van der Waals surface area contributed by atoms with Crippen molar-refractivity contribution in [2.45, 2.75) is 37.1 Å². The van der Waals surface area contributed by atoms with Crippen molar-refractivity contribution in [2.24, 2.45) is 0 Å². The number of carboxylic acid groups (broad SMARTS) is 1. The van der Waals surface area contributed by atoms with E-state index in [1.807, 2.05) is 0 Å². The third-order valence-corrected chi connectivity index (χ3v) is 5.55. The Bertz CT molecular complexity index is 949. The molecule has 1 aliphatic heterocycles. The molecule has 0 aromatic heterocycles. The highest BCUT2D eigenvalue weighted by Gasteiger charge is 2.43. The lowest BCUT2D eigenvalue weighted by Crippen LogP contribution is -2.60. The molecule has 0 saturated carbocycles. The van der Waals surface area contributed by atoms with Crippen LogP contribution in [-0.4, -0.2) is 74.5 Å². The molecule has 1 aliphatic rings. The van der Waals surface area contributed by atoms with Crippen LogP contribution >= 0.6 is 15.9 Å². The molecule has 31 heavy (non-hydrogen) atoms. The number of halogens is 1. The second-order valence-electron chi connectivity index (χ2n) is 7.14. The van der Waals surface area contributed by atoms with E-state index in [-0.39, 0.29) is 16.8 Å². The topological polar surface area (TPSA) is 157 Å². The van der Waals surface area contributed by atoms with Gasteiger partial charge in [0.05, 0.1) is 18.7 Å². The predicted molar refractivity (Wildman–Crippen MR) is 113 cm³/mol. The number of carboxylic acids is 1. The molecule has 6 N–H and O–H groups in total. The maximum absolute atomic E-state index is 13.1. The summed E-state index contributed by atoms with van der Waals surface area (Å²) in [5.74, 6) is -1.53. The van der Waals surface area contributed by atoms with Crippen molar-refractivity contribution in [3.63, 3.8) is 0 Å². The Morgan fingerprint density at radius 3 is 2.29 bits per heavy atom. The van der Waals surface area contributed by atoms with Crippen LogP contribution in [0.3, 0.4) is 0 Å². The van der Waals surface area contributed by atoms with Gasteiger partial charge in [0.25, 0.3) is 0 Å². The number of carbonyl (C=O) groups is 2. The summed E-state index contributed by atoms with van der Waals surface area (Å²) in [6, 6.07) is 11.2. The number of aliphatic hydroxyl groups is 4. The lowest BCUT2D eigenvalue weighted by Gasteiger charge is -2.40. The van der Waals surface area contributed by atoms with Crippen LogP contribution in [0.25, 0.3) is 0 Å². The monoisotopic (exact) mass is 495 g/mol. The summed E-state index contributed by atoms with van der Waals surface area (Å²) >= 11 is 3.30. The maximum atomic E-state index is 13.1. The minimum Gasteiger partial charge on any atom is -0.481 e. The van der Waals surface area contributed by atoms with E-state index in [1.54, 1.807) is 30.3 Å². The summed E-state index contributed by atoms with van der Waals surface area (Å²) in [5.41, 5.74) is 0.861. The number of para-hydroxylation sites is 1. The van der Waals surface area contributed by atoms with Crippen molar-refractivity contribution in [2.75, 3.05) is 11.9 Å². The molecule has 3 rings (SSSR count). The molecule has 0 unspecified atom stereocenters.